The number of hydrogen-bond donors (Lipinski definition) is 2. The van der Waals surface area contributed by atoms with Crippen molar-refractivity contribution in [1.82, 2.24) is 24.8 Å². The number of amides is 1. The summed E-state index contributed by atoms with van der Waals surface area (Å²) in [6, 6.07) is 15.1. The van der Waals surface area contributed by atoms with E-state index in [-0.39, 0.29) is 5.91 Å². The smallest absolute Gasteiger partial charge is 0.237 e. The lowest BCUT2D eigenvalue weighted by molar-refractivity contribution is -0.125. The Hall–Kier alpha value is -3.20. The van der Waals surface area contributed by atoms with E-state index in [1.807, 2.05) is 60.0 Å². The van der Waals surface area contributed by atoms with E-state index in [4.69, 9.17) is 33.9 Å². The Morgan fingerprint density at radius 2 is 1.80 bits per heavy atom. The van der Waals surface area contributed by atoms with Gasteiger partial charge in [0.25, 0.3) is 0 Å². The molecule has 8 nitrogen and oxygen atoms in total. The monoisotopic (exact) mass is 509 g/mol. The zero-order chi connectivity index (χ0) is 24.6. The number of imidazole rings is 1. The Morgan fingerprint density at radius 3 is 2.46 bits per heavy atom. The van der Waals surface area contributed by atoms with E-state index >= 15 is 0 Å². The van der Waals surface area contributed by atoms with Crippen molar-refractivity contribution in [3.05, 3.63) is 64.9 Å². The van der Waals surface area contributed by atoms with Crippen LogP contribution >= 0.6 is 23.2 Å². The molecule has 2 aromatic carbocycles. The molecule has 3 N–H and O–H groups in total. The number of primary amides is 1. The second-order valence-corrected chi connectivity index (χ2v) is 9.40. The molecule has 1 amide bonds. The third-order valence-corrected chi connectivity index (χ3v) is 7.11. The topological polar surface area (TPSA) is 102 Å². The van der Waals surface area contributed by atoms with Crippen molar-refractivity contribution in [3.63, 3.8) is 0 Å². The Labute approximate surface area is 213 Å². The molecule has 4 aromatic rings. The predicted molar refractivity (Wildman–Crippen MR) is 139 cm³/mol. The van der Waals surface area contributed by atoms with Crippen molar-refractivity contribution in [2.24, 2.45) is 5.73 Å². The molecule has 0 saturated carbocycles. The first-order valence-electron chi connectivity index (χ1n) is 11.5. The van der Waals surface area contributed by atoms with Crippen molar-refractivity contribution >= 4 is 46.1 Å². The molecule has 1 aliphatic rings. The van der Waals surface area contributed by atoms with Gasteiger partial charge < -0.3 is 16.0 Å². The Kier molecular flexibility index (Phi) is 6.35. The fourth-order valence-electron chi connectivity index (χ4n) is 4.72. The van der Waals surface area contributed by atoms with Gasteiger partial charge in [0.05, 0.1) is 5.02 Å². The van der Waals surface area contributed by atoms with Gasteiger partial charge in [-0.15, -0.1) is 0 Å². The average molecular weight is 510 g/mol. The first-order valence-corrected chi connectivity index (χ1v) is 12.2. The van der Waals surface area contributed by atoms with Crippen LogP contribution in [-0.2, 0) is 4.79 Å². The second-order valence-electron chi connectivity index (χ2n) is 8.56. The summed E-state index contributed by atoms with van der Waals surface area (Å²) in [6.45, 7) is 3.87. The van der Waals surface area contributed by atoms with Gasteiger partial charge in [-0.1, -0.05) is 42.3 Å². The van der Waals surface area contributed by atoms with Gasteiger partial charge in [0.2, 0.25) is 5.91 Å². The van der Waals surface area contributed by atoms with E-state index in [9.17, 15) is 4.79 Å². The molecule has 1 aliphatic heterocycles. The summed E-state index contributed by atoms with van der Waals surface area (Å²) >= 11 is 12.7. The number of rotatable bonds is 6. The van der Waals surface area contributed by atoms with E-state index in [0.29, 0.717) is 65.3 Å². The number of nitrogens with one attached hydrogen (secondary N) is 1. The zero-order valence-corrected chi connectivity index (χ0v) is 20.7. The number of halogens is 2. The van der Waals surface area contributed by atoms with Crippen molar-refractivity contribution in [3.8, 4) is 17.1 Å². The molecule has 1 saturated heterocycles. The van der Waals surface area contributed by atoms with Crippen LogP contribution in [0.3, 0.4) is 0 Å². The van der Waals surface area contributed by atoms with E-state index in [2.05, 4.69) is 20.2 Å². The van der Waals surface area contributed by atoms with Gasteiger partial charge in [0.15, 0.2) is 17.0 Å². The van der Waals surface area contributed by atoms with E-state index in [1.54, 1.807) is 6.33 Å². The molecule has 5 rings (SSSR count). The minimum absolute atomic E-state index is 0.320. The van der Waals surface area contributed by atoms with Gasteiger partial charge in [-0.05, 0) is 55.8 Å². The molecular weight excluding hydrogens is 485 g/mol. The summed E-state index contributed by atoms with van der Waals surface area (Å²) in [5, 5.41) is 4.52. The fraction of sp³-hybridized carbons (Fsp3) is 0.280. The molecule has 0 spiro atoms. The lowest BCUT2D eigenvalue weighted by atomic mass is 9.86. The van der Waals surface area contributed by atoms with Gasteiger partial charge >= 0.3 is 0 Å². The standard InChI is InChI=1S/C25H25Cl2N7O/c1-2-31-25(24(28)35)11-13-33(14-12-25)22-20-23(30-15-29-22)34(17-9-7-16(26)8-10-17)21(32-20)18-5-3-4-6-19(18)27/h3-10,15,31H,2,11-14H2,1H3,(H2,28,35). The normalized spacial score (nSPS) is 15.5. The molecule has 35 heavy (non-hydrogen) atoms. The highest BCUT2D eigenvalue weighted by atomic mass is 35.5. The summed E-state index contributed by atoms with van der Waals surface area (Å²) in [5.41, 5.74) is 8.01. The van der Waals surface area contributed by atoms with Gasteiger partial charge in [0.1, 0.15) is 17.7 Å². The molecule has 3 heterocycles. The maximum Gasteiger partial charge on any atom is 0.237 e. The van der Waals surface area contributed by atoms with Crippen molar-refractivity contribution < 1.29 is 4.79 Å². The maximum atomic E-state index is 12.2. The lowest BCUT2D eigenvalue weighted by Gasteiger charge is -2.40. The number of benzene rings is 2. The molecule has 10 heteroatoms. The van der Waals surface area contributed by atoms with Crippen LogP contribution in [0.1, 0.15) is 19.8 Å². The number of fused-ring (bicyclic) bond motifs is 1. The molecule has 2 aromatic heterocycles. The van der Waals surface area contributed by atoms with Crippen LogP contribution in [0.2, 0.25) is 10.0 Å². The first-order chi connectivity index (χ1) is 16.9. The van der Waals surface area contributed by atoms with Crippen LogP contribution in [0.25, 0.3) is 28.2 Å². The van der Waals surface area contributed by atoms with Crippen LogP contribution in [0.4, 0.5) is 5.82 Å². The lowest BCUT2D eigenvalue weighted by Crippen LogP contribution is -2.61. The van der Waals surface area contributed by atoms with Crippen molar-refractivity contribution in [1.29, 1.82) is 0 Å². The van der Waals surface area contributed by atoms with Crippen LogP contribution in [-0.4, -0.2) is 50.6 Å². The third kappa shape index (κ3) is 4.22. The summed E-state index contributed by atoms with van der Waals surface area (Å²) in [4.78, 5) is 28.5. The van der Waals surface area contributed by atoms with Crippen molar-refractivity contribution in [2.75, 3.05) is 24.5 Å². The minimum Gasteiger partial charge on any atom is -0.368 e. The Balaban J connectivity index is 1.63. The number of likely N-dealkylation sites (N-methyl/N-ethyl adjacent to an activating group) is 1. The first kappa shape index (κ1) is 23.5. The Morgan fingerprint density at radius 1 is 1.09 bits per heavy atom. The SMILES string of the molecule is CCNC1(C(N)=O)CCN(c2ncnc3c2nc(-c2ccccc2Cl)n3-c2ccc(Cl)cc2)CC1. The van der Waals surface area contributed by atoms with Crippen molar-refractivity contribution in [2.45, 2.75) is 25.3 Å². The molecule has 0 atom stereocenters. The molecule has 1 fully saturated rings. The quantitative estimate of drug-likeness (QED) is 0.403. The van der Waals surface area contributed by atoms with Crippen LogP contribution < -0.4 is 16.0 Å². The molecule has 0 aliphatic carbocycles. The predicted octanol–water partition coefficient (Wildman–Crippen LogP) is 4.22. The molecule has 0 unspecified atom stereocenters. The summed E-state index contributed by atoms with van der Waals surface area (Å²) < 4.78 is 1.97. The maximum absolute atomic E-state index is 12.2. The third-order valence-electron chi connectivity index (χ3n) is 6.53. The van der Waals surface area contributed by atoms with Crippen LogP contribution in [0, 0.1) is 0 Å². The highest BCUT2D eigenvalue weighted by Gasteiger charge is 2.40. The molecule has 180 valence electrons. The second kappa shape index (κ2) is 9.45. The number of carbonyl (C=O) groups excluding carboxylic acids is 1. The minimum atomic E-state index is -0.706. The van der Waals surface area contributed by atoms with Crippen LogP contribution in [0.5, 0.6) is 0 Å². The number of nitrogens with zero attached hydrogens (tertiary/aromatic N) is 5. The summed E-state index contributed by atoms with van der Waals surface area (Å²) in [6.07, 6.45) is 2.70. The number of nitrogens with two attached hydrogens (primary N) is 1. The van der Waals surface area contributed by atoms with E-state index in [0.717, 1.165) is 11.3 Å². The number of aromatic nitrogens is 4. The number of piperidine rings is 1. The van der Waals surface area contributed by atoms with E-state index in [1.165, 1.54) is 0 Å². The number of carbonyl (C=O) groups is 1. The molecular formula is C25H25Cl2N7O. The van der Waals surface area contributed by atoms with E-state index < -0.39 is 5.54 Å². The van der Waals surface area contributed by atoms with Gasteiger partial charge in [-0.3, -0.25) is 9.36 Å². The van der Waals surface area contributed by atoms with Gasteiger partial charge in [-0.2, -0.15) is 0 Å². The average Bonchev–Trinajstić information content (AvgIpc) is 3.25. The highest BCUT2D eigenvalue weighted by molar-refractivity contribution is 6.33. The largest absolute Gasteiger partial charge is 0.368 e. The summed E-state index contributed by atoms with van der Waals surface area (Å²) in [7, 11) is 0. The molecule has 0 radical (unpaired) electrons. The fourth-order valence-corrected chi connectivity index (χ4v) is 5.06. The Bertz CT molecular complexity index is 1380. The van der Waals surface area contributed by atoms with Gasteiger partial charge in [0, 0.05) is 29.4 Å². The van der Waals surface area contributed by atoms with Gasteiger partial charge in [-0.25, -0.2) is 15.0 Å². The summed E-state index contributed by atoms with van der Waals surface area (Å²) in [5.74, 6) is 1.05. The van der Waals surface area contributed by atoms with Crippen LogP contribution in [0.15, 0.2) is 54.9 Å². The highest BCUT2D eigenvalue weighted by Crippen LogP contribution is 2.36. The number of hydrogen-bond acceptors (Lipinski definition) is 6. The number of anilines is 1. The zero-order valence-electron chi connectivity index (χ0n) is 19.2. The molecule has 0 bridgehead atoms.